The van der Waals surface area contributed by atoms with E-state index in [-0.39, 0.29) is 5.41 Å². The molecule has 6 rings (SSSR count). The Kier molecular flexibility index (Phi) is 5.12. The van der Waals surface area contributed by atoms with Gasteiger partial charge in [-0.05, 0) is 59.2 Å². The number of hydrogen-bond donors (Lipinski definition) is 1. The van der Waals surface area contributed by atoms with E-state index in [9.17, 15) is 0 Å². The van der Waals surface area contributed by atoms with Crippen LogP contribution in [0.25, 0.3) is 11.1 Å². The summed E-state index contributed by atoms with van der Waals surface area (Å²) in [5, 5.41) is 3.59. The third-order valence-corrected chi connectivity index (χ3v) is 6.57. The second-order valence-corrected chi connectivity index (χ2v) is 8.43. The SMILES string of the molecule is c1ccc2c(c1)CC1(COCCCCCCNc3ccc1cc3)c1ccccc1-2. The number of anilines is 1. The van der Waals surface area contributed by atoms with E-state index in [4.69, 9.17) is 4.74 Å². The minimum Gasteiger partial charge on any atom is -0.385 e. The van der Waals surface area contributed by atoms with Gasteiger partial charge in [0.15, 0.2) is 0 Å². The fourth-order valence-electron chi connectivity index (χ4n) is 5.03. The molecule has 1 N–H and O–H groups in total. The summed E-state index contributed by atoms with van der Waals surface area (Å²) in [6.07, 6.45) is 5.84. The van der Waals surface area contributed by atoms with Gasteiger partial charge in [-0.2, -0.15) is 0 Å². The standard InChI is InChI=1S/C27H29NO/c1-2-8-18-29-20-27(22-13-15-23(16-14-22)28-17-7-1)19-21-9-3-4-10-24(21)25-11-5-6-12-26(25)27/h3-6,9-16,28H,1-2,7-8,17-20H2. The van der Waals surface area contributed by atoms with E-state index < -0.39 is 0 Å². The summed E-state index contributed by atoms with van der Waals surface area (Å²) in [7, 11) is 0. The van der Waals surface area contributed by atoms with Gasteiger partial charge < -0.3 is 10.1 Å². The highest BCUT2D eigenvalue weighted by Gasteiger charge is 2.40. The van der Waals surface area contributed by atoms with E-state index in [2.05, 4.69) is 78.1 Å². The zero-order chi connectivity index (χ0) is 19.5. The third kappa shape index (κ3) is 3.47. The first-order valence-electron chi connectivity index (χ1n) is 11.0. The fraction of sp³-hybridized carbons (Fsp3) is 0.333. The van der Waals surface area contributed by atoms with Gasteiger partial charge in [-0.15, -0.1) is 0 Å². The van der Waals surface area contributed by atoms with Crippen molar-refractivity contribution in [2.75, 3.05) is 25.1 Å². The van der Waals surface area contributed by atoms with Crippen LogP contribution in [0.1, 0.15) is 42.4 Å². The van der Waals surface area contributed by atoms with E-state index in [0.717, 1.165) is 32.6 Å². The van der Waals surface area contributed by atoms with Gasteiger partial charge in [0.05, 0.1) is 6.61 Å². The van der Waals surface area contributed by atoms with E-state index in [1.807, 2.05) is 0 Å². The van der Waals surface area contributed by atoms with Crippen LogP contribution in [-0.2, 0) is 16.6 Å². The topological polar surface area (TPSA) is 21.3 Å². The number of fused-ring (bicyclic) bond motifs is 13. The van der Waals surface area contributed by atoms with Crippen LogP contribution in [-0.4, -0.2) is 19.8 Å². The van der Waals surface area contributed by atoms with Crippen molar-refractivity contribution in [3.8, 4) is 11.1 Å². The van der Waals surface area contributed by atoms with Crippen LogP contribution < -0.4 is 5.32 Å². The molecular formula is C27H29NO. The molecule has 3 aromatic rings. The molecule has 0 radical (unpaired) electrons. The lowest BCUT2D eigenvalue weighted by atomic mass is 9.64. The molecule has 2 bridgehead atoms. The molecule has 0 saturated heterocycles. The quantitative estimate of drug-likeness (QED) is 0.499. The molecule has 3 aromatic carbocycles. The summed E-state index contributed by atoms with van der Waals surface area (Å²) >= 11 is 0. The van der Waals surface area contributed by atoms with Gasteiger partial charge in [-0.3, -0.25) is 0 Å². The van der Waals surface area contributed by atoms with E-state index in [1.54, 1.807) is 0 Å². The lowest BCUT2D eigenvalue weighted by molar-refractivity contribution is 0.0919. The molecule has 0 fully saturated rings. The predicted octanol–water partition coefficient (Wildman–Crippen LogP) is 6.20. The lowest BCUT2D eigenvalue weighted by Crippen LogP contribution is -2.38. The summed E-state index contributed by atoms with van der Waals surface area (Å²) in [6.45, 7) is 2.61. The minimum absolute atomic E-state index is 0.145. The van der Waals surface area contributed by atoms with Crippen LogP contribution in [0.15, 0.2) is 72.8 Å². The van der Waals surface area contributed by atoms with Crippen molar-refractivity contribution in [3.05, 3.63) is 89.5 Å². The molecule has 2 aliphatic heterocycles. The van der Waals surface area contributed by atoms with Gasteiger partial charge in [0.25, 0.3) is 0 Å². The molecule has 1 aliphatic carbocycles. The molecule has 3 aliphatic rings. The highest BCUT2D eigenvalue weighted by Crippen LogP contribution is 2.47. The summed E-state index contributed by atoms with van der Waals surface area (Å²) in [5.41, 5.74) is 7.94. The van der Waals surface area contributed by atoms with Crippen LogP contribution in [0, 0.1) is 0 Å². The molecule has 1 unspecified atom stereocenters. The summed E-state index contributed by atoms with van der Waals surface area (Å²) in [4.78, 5) is 0. The van der Waals surface area contributed by atoms with Gasteiger partial charge in [0.2, 0.25) is 0 Å². The van der Waals surface area contributed by atoms with Crippen molar-refractivity contribution >= 4 is 5.69 Å². The molecule has 2 nitrogen and oxygen atoms in total. The zero-order valence-corrected chi connectivity index (χ0v) is 17.0. The maximum atomic E-state index is 6.38. The van der Waals surface area contributed by atoms with Gasteiger partial charge in [0, 0.05) is 24.3 Å². The Bertz CT molecular complexity index is 978. The fourth-order valence-corrected chi connectivity index (χ4v) is 5.03. The smallest absolute Gasteiger partial charge is 0.0607 e. The van der Waals surface area contributed by atoms with E-state index in [0.29, 0.717) is 0 Å². The molecule has 2 heteroatoms. The molecule has 0 saturated carbocycles. The van der Waals surface area contributed by atoms with E-state index in [1.165, 1.54) is 52.8 Å². The highest BCUT2D eigenvalue weighted by atomic mass is 16.5. The molecule has 2 heterocycles. The largest absolute Gasteiger partial charge is 0.385 e. The van der Waals surface area contributed by atoms with Crippen LogP contribution in [0.5, 0.6) is 0 Å². The first-order chi connectivity index (χ1) is 14.4. The van der Waals surface area contributed by atoms with Gasteiger partial charge in [-0.25, -0.2) is 0 Å². The minimum atomic E-state index is -0.145. The van der Waals surface area contributed by atoms with Crippen LogP contribution in [0.3, 0.4) is 0 Å². The Labute approximate surface area is 173 Å². The first kappa shape index (κ1) is 18.4. The molecule has 0 aromatic heterocycles. The normalized spacial score (nSPS) is 21.7. The van der Waals surface area contributed by atoms with Gasteiger partial charge >= 0.3 is 0 Å². The Hall–Kier alpha value is -2.58. The van der Waals surface area contributed by atoms with Crippen LogP contribution in [0.4, 0.5) is 5.69 Å². The summed E-state index contributed by atoms with van der Waals surface area (Å²) < 4.78 is 6.38. The number of ether oxygens (including phenoxy) is 1. The molecule has 1 atom stereocenters. The number of nitrogens with one attached hydrogen (secondary N) is 1. The van der Waals surface area contributed by atoms with Crippen molar-refractivity contribution in [1.29, 1.82) is 0 Å². The number of hydrogen-bond acceptors (Lipinski definition) is 2. The Morgan fingerprint density at radius 1 is 0.724 bits per heavy atom. The molecule has 29 heavy (non-hydrogen) atoms. The summed E-state index contributed by atoms with van der Waals surface area (Å²) in [5.74, 6) is 0. The maximum Gasteiger partial charge on any atom is 0.0607 e. The highest BCUT2D eigenvalue weighted by molar-refractivity contribution is 5.76. The lowest BCUT2D eigenvalue weighted by Gasteiger charge is -2.40. The average Bonchev–Trinajstić information content (AvgIpc) is 2.78. The Balaban J connectivity index is 1.64. The second-order valence-electron chi connectivity index (χ2n) is 8.43. The van der Waals surface area contributed by atoms with Crippen LogP contribution in [0.2, 0.25) is 0 Å². The number of rotatable bonds is 0. The molecular weight excluding hydrogens is 354 g/mol. The third-order valence-electron chi connectivity index (χ3n) is 6.57. The monoisotopic (exact) mass is 383 g/mol. The van der Waals surface area contributed by atoms with Crippen molar-refractivity contribution < 1.29 is 4.74 Å². The molecule has 0 amide bonds. The summed E-state index contributed by atoms with van der Waals surface area (Å²) in [6, 6.07) is 26.9. The maximum absolute atomic E-state index is 6.38. The number of benzene rings is 3. The Morgan fingerprint density at radius 3 is 2.38 bits per heavy atom. The molecule has 1 spiro atoms. The predicted molar refractivity (Wildman–Crippen MR) is 121 cm³/mol. The van der Waals surface area contributed by atoms with Crippen LogP contribution >= 0.6 is 0 Å². The van der Waals surface area contributed by atoms with Gasteiger partial charge in [0.1, 0.15) is 0 Å². The molecule has 148 valence electrons. The first-order valence-corrected chi connectivity index (χ1v) is 11.0. The average molecular weight is 384 g/mol. The zero-order valence-electron chi connectivity index (χ0n) is 17.0. The van der Waals surface area contributed by atoms with Crippen molar-refractivity contribution in [1.82, 2.24) is 0 Å². The van der Waals surface area contributed by atoms with Gasteiger partial charge in [-0.1, -0.05) is 73.5 Å². The van der Waals surface area contributed by atoms with Crippen molar-refractivity contribution in [3.63, 3.8) is 0 Å². The second kappa shape index (κ2) is 8.04. The van der Waals surface area contributed by atoms with Crippen molar-refractivity contribution in [2.24, 2.45) is 0 Å². The van der Waals surface area contributed by atoms with E-state index >= 15 is 0 Å². The van der Waals surface area contributed by atoms with Crippen molar-refractivity contribution in [2.45, 2.75) is 37.5 Å². The Morgan fingerprint density at radius 2 is 1.48 bits per heavy atom.